The van der Waals surface area contributed by atoms with Gasteiger partial charge in [-0.25, -0.2) is 8.78 Å². The van der Waals surface area contributed by atoms with Crippen LogP contribution in [0.3, 0.4) is 0 Å². The third-order valence-corrected chi connectivity index (χ3v) is 1.57. The molecule has 12 heavy (non-hydrogen) atoms. The minimum absolute atomic E-state index is 0.0764. The average molecular weight is 173 g/mol. The maximum Gasteiger partial charge on any atom is 0.257 e. The van der Waals surface area contributed by atoms with E-state index in [1.807, 2.05) is 0 Å². The summed E-state index contributed by atoms with van der Waals surface area (Å²) in [5, 5.41) is 9.12. The number of phenols is 1. The second-order valence-corrected chi connectivity index (χ2v) is 2.42. The van der Waals surface area contributed by atoms with Crippen LogP contribution >= 0.6 is 0 Å². The molecule has 0 heterocycles. The molecule has 0 aliphatic carbocycles. The Balaban J connectivity index is 2.94. The maximum absolute atomic E-state index is 12.1. The fraction of sp³-hybridized carbons (Fsp3) is 0.250. The standard InChI is InChI=1S/C8H9F2NO/c9-8(10)7(11)5-3-1-2-4-6(5)12/h1-4,7-8,12H,11H2/t7-/m1/s1. The predicted octanol–water partition coefficient (Wildman–Crippen LogP) is 1.66. The van der Waals surface area contributed by atoms with Gasteiger partial charge >= 0.3 is 0 Å². The summed E-state index contributed by atoms with van der Waals surface area (Å²) in [6.45, 7) is 0. The number of alkyl halides is 2. The first-order valence-electron chi connectivity index (χ1n) is 3.44. The zero-order valence-corrected chi connectivity index (χ0v) is 6.24. The largest absolute Gasteiger partial charge is 0.508 e. The van der Waals surface area contributed by atoms with Crippen LogP contribution in [-0.2, 0) is 0 Å². The van der Waals surface area contributed by atoms with Crippen molar-refractivity contribution in [2.45, 2.75) is 12.5 Å². The number of nitrogens with two attached hydrogens (primary N) is 1. The molecular weight excluding hydrogens is 164 g/mol. The van der Waals surface area contributed by atoms with Gasteiger partial charge < -0.3 is 10.8 Å². The molecule has 0 bridgehead atoms. The van der Waals surface area contributed by atoms with Crippen molar-refractivity contribution in [3.8, 4) is 5.75 Å². The van der Waals surface area contributed by atoms with E-state index in [9.17, 15) is 8.78 Å². The Hall–Kier alpha value is -1.16. The Morgan fingerprint density at radius 1 is 1.25 bits per heavy atom. The van der Waals surface area contributed by atoms with Gasteiger partial charge in [0.05, 0.1) is 6.04 Å². The van der Waals surface area contributed by atoms with E-state index in [-0.39, 0.29) is 11.3 Å². The first-order chi connectivity index (χ1) is 5.63. The normalized spacial score (nSPS) is 13.3. The van der Waals surface area contributed by atoms with Crippen molar-refractivity contribution >= 4 is 0 Å². The van der Waals surface area contributed by atoms with Crippen molar-refractivity contribution in [1.29, 1.82) is 0 Å². The van der Waals surface area contributed by atoms with Crippen LogP contribution in [0, 0.1) is 0 Å². The summed E-state index contributed by atoms with van der Waals surface area (Å²) in [4.78, 5) is 0. The molecule has 1 atom stereocenters. The van der Waals surface area contributed by atoms with E-state index in [0.29, 0.717) is 0 Å². The van der Waals surface area contributed by atoms with E-state index in [2.05, 4.69) is 0 Å². The van der Waals surface area contributed by atoms with Crippen molar-refractivity contribution in [3.63, 3.8) is 0 Å². The van der Waals surface area contributed by atoms with Crippen molar-refractivity contribution in [2.75, 3.05) is 0 Å². The second-order valence-electron chi connectivity index (χ2n) is 2.42. The molecule has 0 saturated heterocycles. The van der Waals surface area contributed by atoms with Gasteiger partial charge in [-0.1, -0.05) is 18.2 Å². The third-order valence-electron chi connectivity index (χ3n) is 1.57. The second kappa shape index (κ2) is 3.49. The molecule has 0 amide bonds. The number of rotatable bonds is 2. The number of aromatic hydroxyl groups is 1. The Morgan fingerprint density at radius 2 is 1.83 bits per heavy atom. The van der Waals surface area contributed by atoms with Gasteiger partial charge in [-0.15, -0.1) is 0 Å². The Labute approximate surface area is 68.6 Å². The highest BCUT2D eigenvalue weighted by Gasteiger charge is 2.19. The molecule has 0 fully saturated rings. The van der Waals surface area contributed by atoms with Crippen LogP contribution in [0.1, 0.15) is 11.6 Å². The molecule has 1 rings (SSSR count). The topological polar surface area (TPSA) is 46.2 Å². The highest BCUT2D eigenvalue weighted by atomic mass is 19.3. The SMILES string of the molecule is N[C@H](c1ccccc1O)C(F)F. The van der Waals surface area contributed by atoms with Crippen LogP contribution in [0.25, 0.3) is 0 Å². The molecule has 0 aromatic heterocycles. The van der Waals surface area contributed by atoms with Crippen molar-refractivity contribution < 1.29 is 13.9 Å². The molecule has 66 valence electrons. The summed E-state index contributed by atoms with van der Waals surface area (Å²) in [6, 6.07) is 4.41. The molecule has 0 aliphatic rings. The summed E-state index contributed by atoms with van der Waals surface area (Å²) in [6.07, 6.45) is -2.65. The molecule has 0 saturated carbocycles. The van der Waals surface area contributed by atoms with Crippen LogP contribution in [0.15, 0.2) is 24.3 Å². The molecule has 1 aromatic carbocycles. The number of hydrogen-bond donors (Lipinski definition) is 2. The molecule has 3 N–H and O–H groups in total. The van der Waals surface area contributed by atoms with E-state index in [0.717, 1.165) is 0 Å². The van der Waals surface area contributed by atoms with Gasteiger partial charge in [-0.3, -0.25) is 0 Å². The van der Waals surface area contributed by atoms with Gasteiger partial charge in [-0.05, 0) is 6.07 Å². The lowest BCUT2D eigenvalue weighted by Gasteiger charge is -2.11. The monoisotopic (exact) mass is 173 g/mol. The van der Waals surface area contributed by atoms with Crippen molar-refractivity contribution in [1.82, 2.24) is 0 Å². The smallest absolute Gasteiger partial charge is 0.257 e. The first kappa shape index (κ1) is 8.93. The molecule has 4 heteroatoms. The summed E-state index contributed by atoms with van der Waals surface area (Å²) in [5.41, 5.74) is 5.20. The third kappa shape index (κ3) is 1.71. The maximum atomic E-state index is 12.1. The van der Waals surface area contributed by atoms with Crippen molar-refractivity contribution in [2.24, 2.45) is 5.73 Å². The van der Waals surface area contributed by atoms with Crippen LogP contribution in [0.4, 0.5) is 8.78 Å². The molecule has 2 nitrogen and oxygen atoms in total. The lowest BCUT2D eigenvalue weighted by molar-refractivity contribution is 0.115. The van der Waals surface area contributed by atoms with Gasteiger partial charge in [0.25, 0.3) is 6.43 Å². The number of benzene rings is 1. The number of halogens is 2. The summed E-state index contributed by atoms with van der Waals surface area (Å²) < 4.78 is 24.1. The summed E-state index contributed by atoms with van der Waals surface area (Å²) in [5.74, 6) is -0.190. The van der Waals surface area contributed by atoms with Crippen molar-refractivity contribution in [3.05, 3.63) is 29.8 Å². The van der Waals surface area contributed by atoms with Crippen LogP contribution < -0.4 is 5.73 Å². The van der Waals surface area contributed by atoms with Crippen LogP contribution in [0.2, 0.25) is 0 Å². The van der Waals surface area contributed by atoms with E-state index in [1.165, 1.54) is 12.1 Å². The van der Waals surface area contributed by atoms with Gasteiger partial charge in [0.1, 0.15) is 5.75 Å². The number of phenolic OH excluding ortho intramolecular Hbond substituents is 1. The first-order valence-corrected chi connectivity index (χ1v) is 3.44. The zero-order valence-electron chi connectivity index (χ0n) is 6.24. The van der Waals surface area contributed by atoms with E-state index < -0.39 is 12.5 Å². The lowest BCUT2D eigenvalue weighted by Crippen LogP contribution is -2.18. The minimum Gasteiger partial charge on any atom is -0.508 e. The lowest BCUT2D eigenvalue weighted by atomic mass is 10.1. The van der Waals surface area contributed by atoms with Gasteiger partial charge in [0.2, 0.25) is 0 Å². The fourth-order valence-electron chi connectivity index (χ4n) is 0.905. The molecule has 0 aliphatic heterocycles. The highest BCUT2D eigenvalue weighted by Crippen LogP contribution is 2.25. The molecule has 0 spiro atoms. The number of hydrogen-bond acceptors (Lipinski definition) is 2. The fourth-order valence-corrected chi connectivity index (χ4v) is 0.905. The Kier molecular flexibility index (Phi) is 2.60. The van der Waals surface area contributed by atoms with Gasteiger partial charge in [0.15, 0.2) is 0 Å². The summed E-state index contributed by atoms with van der Waals surface area (Å²) in [7, 11) is 0. The van der Waals surface area contributed by atoms with Gasteiger partial charge in [0, 0.05) is 5.56 Å². The molecular formula is C8H9F2NO. The van der Waals surface area contributed by atoms with Gasteiger partial charge in [-0.2, -0.15) is 0 Å². The number of para-hydroxylation sites is 1. The zero-order chi connectivity index (χ0) is 9.14. The average Bonchev–Trinajstić information content (AvgIpc) is 2.04. The minimum atomic E-state index is -2.65. The van der Waals surface area contributed by atoms with Crippen LogP contribution in [0.5, 0.6) is 5.75 Å². The molecule has 0 radical (unpaired) electrons. The van der Waals surface area contributed by atoms with E-state index in [4.69, 9.17) is 10.8 Å². The Morgan fingerprint density at radius 3 is 2.33 bits per heavy atom. The highest BCUT2D eigenvalue weighted by molar-refractivity contribution is 5.34. The van der Waals surface area contributed by atoms with Crippen LogP contribution in [-0.4, -0.2) is 11.5 Å². The quantitative estimate of drug-likeness (QED) is 0.714. The Bertz CT molecular complexity index is 265. The van der Waals surface area contributed by atoms with E-state index >= 15 is 0 Å². The molecule has 0 unspecified atom stereocenters. The predicted molar refractivity (Wildman–Crippen MR) is 41.0 cm³/mol. The molecule has 1 aromatic rings. The summed E-state index contributed by atoms with van der Waals surface area (Å²) >= 11 is 0. The van der Waals surface area contributed by atoms with E-state index in [1.54, 1.807) is 12.1 Å².